The zero-order valence-electron chi connectivity index (χ0n) is 19.3. The number of nitriles is 1. The number of aromatic nitrogens is 2. The average Bonchev–Trinajstić information content (AvgIpc) is 3.46. The Kier molecular flexibility index (Phi) is 6.41. The molecule has 4 unspecified atom stereocenters. The van der Waals surface area contributed by atoms with E-state index in [2.05, 4.69) is 50.9 Å². The Bertz CT molecular complexity index is 1180. The monoisotopic (exact) mass is 456 g/mol. The second-order valence-corrected chi connectivity index (χ2v) is 8.85. The molecule has 0 radical (unpaired) electrons. The SMILES string of the molecule is CN(C)c1ccc(-c2ccnc(NC3COC4C(NCc5cccc(C#N)c5)COC34)n2)cc1. The second-order valence-electron chi connectivity index (χ2n) is 8.85. The van der Waals surface area contributed by atoms with Crippen molar-refractivity contribution >= 4 is 11.6 Å². The van der Waals surface area contributed by atoms with E-state index in [4.69, 9.17) is 19.7 Å². The molecule has 5 rings (SSSR count). The first-order valence-electron chi connectivity index (χ1n) is 11.4. The van der Waals surface area contributed by atoms with Crippen molar-refractivity contribution < 1.29 is 9.47 Å². The van der Waals surface area contributed by atoms with Gasteiger partial charge in [-0.2, -0.15) is 5.26 Å². The van der Waals surface area contributed by atoms with Gasteiger partial charge in [0.05, 0.1) is 42.6 Å². The molecule has 1 aromatic heterocycles. The Labute approximate surface area is 199 Å². The minimum Gasteiger partial charge on any atom is -0.378 e. The molecule has 8 heteroatoms. The molecule has 0 aliphatic carbocycles. The van der Waals surface area contributed by atoms with Crippen LogP contribution in [0, 0.1) is 11.3 Å². The molecule has 0 amide bonds. The van der Waals surface area contributed by atoms with Crippen LogP contribution < -0.4 is 15.5 Å². The highest BCUT2D eigenvalue weighted by molar-refractivity contribution is 5.63. The van der Waals surface area contributed by atoms with E-state index in [9.17, 15) is 0 Å². The third-order valence-corrected chi connectivity index (χ3v) is 6.33. The number of nitrogens with one attached hydrogen (secondary N) is 2. The lowest BCUT2D eigenvalue weighted by Gasteiger charge is -2.18. The smallest absolute Gasteiger partial charge is 0.223 e. The molecule has 2 N–H and O–H groups in total. The number of nitrogens with zero attached hydrogens (tertiary/aromatic N) is 4. The molecule has 4 atom stereocenters. The number of hydrogen-bond acceptors (Lipinski definition) is 8. The maximum atomic E-state index is 9.10. The lowest BCUT2D eigenvalue weighted by Crippen LogP contribution is -2.41. The number of hydrogen-bond donors (Lipinski definition) is 2. The molecule has 3 aromatic rings. The molecule has 2 saturated heterocycles. The van der Waals surface area contributed by atoms with E-state index in [-0.39, 0.29) is 24.3 Å². The van der Waals surface area contributed by atoms with E-state index in [1.165, 1.54) is 0 Å². The van der Waals surface area contributed by atoms with E-state index in [1.807, 2.05) is 44.4 Å². The van der Waals surface area contributed by atoms with Crippen molar-refractivity contribution in [3.8, 4) is 17.3 Å². The summed E-state index contributed by atoms with van der Waals surface area (Å²) < 4.78 is 12.2. The summed E-state index contributed by atoms with van der Waals surface area (Å²) in [6, 6.07) is 20.1. The van der Waals surface area contributed by atoms with Gasteiger partial charge in [-0.3, -0.25) is 0 Å². The molecule has 8 nitrogen and oxygen atoms in total. The average molecular weight is 457 g/mol. The fourth-order valence-electron chi connectivity index (χ4n) is 4.48. The van der Waals surface area contributed by atoms with E-state index in [1.54, 1.807) is 6.20 Å². The maximum absolute atomic E-state index is 9.10. The van der Waals surface area contributed by atoms with Crippen LogP contribution in [-0.4, -0.2) is 61.6 Å². The third-order valence-electron chi connectivity index (χ3n) is 6.33. The van der Waals surface area contributed by atoms with Gasteiger partial charge in [-0.05, 0) is 35.9 Å². The first-order chi connectivity index (χ1) is 16.6. The molecule has 2 fully saturated rings. The number of fused-ring (bicyclic) bond motifs is 1. The zero-order chi connectivity index (χ0) is 23.5. The summed E-state index contributed by atoms with van der Waals surface area (Å²) in [5.74, 6) is 0.566. The summed E-state index contributed by atoms with van der Waals surface area (Å²) in [5, 5.41) is 16.0. The standard InChI is InChI=1S/C26H28N6O2/c1-32(2)20-8-6-19(7-9-20)21-10-11-28-26(30-21)31-23-16-34-24-22(15-33-25(23)24)29-14-18-5-3-4-17(12-18)13-27/h3-12,22-25,29H,14-16H2,1-2H3,(H,28,30,31). The van der Waals surface area contributed by atoms with Gasteiger partial charge in [0.1, 0.15) is 12.2 Å². The van der Waals surface area contributed by atoms with Crippen LogP contribution >= 0.6 is 0 Å². The third kappa shape index (κ3) is 4.73. The molecular formula is C26H28N6O2. The minimum atomic E-state index is -0.0745. The summed E-state index contributed by atoms with van der Waals surface area (Å²) in [5.41, 5.74) is 4.78. The fourth-order valence-corrected chi connectivity index (χ4v) is 4.48. The van der Waals surface area contributed by atoms with Crippen LogP contribution in [0.4, 0.5) is 11.6 Å². The molecular weight excluding hydrogens is 428 g/mol. The van der Waals surface area contributed by atoms with Gasteiger partial charge in [0.2, 0.25) is 5.95 Å². The van der Waals surface area contributed by atoms with Crippen molar-refractivity contribution in [2.75, 3.05) is 37.5 Å². The quantitative estimate of drug-likeness (QED) is 0.561. The molecule has 0 spiro atoms. The summed E-state index contributed by atoms with van der Waals surface area (Å²) in [4.78, 5) is 11.2. The highest BCUT2D eigenvalue weighted by Crippen LogP contribution is 2.29. The summed E-state index contributed by atoms with van der Waals surface area (Å²) >= 11 is 0. The fraction of sp³-hybridized carbons (Fsp3) is 0.346. The molecule has 174 valence electrons. The van der Waals surface area contributed by atoms with E-state index in [0.717, 1.165) is 22.5 Å². The van der Waals surface area contributed by atoms with E-state index >= 15 is 0 Å². The first-order valence-corrected chi connectivity index (χ1v) is 11.4. The number of ether oxygens (including phenoxy) is 2. The van der Waals surface area contributed by atoms with Crippen molar-refractivity contribution in [2.24, 2.45) is 0 Å². The zero-order valence-corrected chi connectivity index (χ0v) is 19.3. The largest absolute Gasteiger partial charge is 0.378 e. The Hall–Kier alpha value is -3.51. The lowest BCUT2D eigenvalue weighted by molar-refractivity contribution is 0.0675. The summed E-state index contributed by atoms with van der Waals surface area (Å²) in [7, 11) is 4.05. The van der Waals surface area contributed by atoms with Crippen LogP contribution in [0.25, 0.3) is 11.3 Å². The van der Waals surface area contributed by atoms with Crippen LogP contribution in [0.5, 0.6) is 0 Å². The molecule has 2 aliphatic heterocycles. The van der Waals surface area contributed by atoms with Crippen LogP contribution in [0.2, 0.25) is 0 Å². The highest BCUT2D eigenvalue weighted by atomic mass is 16.6. The van der Waals surface area contributed by atoms with Gasteiger partial charge in [-0.1, -0.05) is 24.3 Å². The van der Waals surface area contributed by atoms with Gasteiger partial charge in [0.25, 0.3) is 0 Å². The predicted octanol–water partition coefficient (Wildman–Crippen LogP) is 2.82. The Balaban J connectivity index is 1.20. The molecule has 0 saturated carbocycles. The van der Waals surface area contributed by atoms with Crippen LogP contribution in [0.1, 0.15) is 11.1 Å². The lowest BCUT2D eigenvalue weighted by atomic mass is 10.1. The van der Waals surface area contributed by atoms with Crippen molar-refractivity contribution in [1.29, 1.82) is 5.26 Å². The van der Waals surface area contributed by atoms with Gasteiger partial charge in [-0.15, -0.1) is 0 Å². The molecule has 0 bridgehead atoms. The van der Waals surface area contributed by atoms with Crippen LogP contribution in [-0.2, 0) is 16.0 Å². The molecule has 2 aliphatic rings. The number of anilines is 2. The number of benzene rings is 2. The molecule has 34 heavy (non-hydrogen) atoms. The Morgan fingerprint density at radius 2 is 1.79 bits per heavy atom. The van der Waals surface area contributed by atoms with Crippen molar-refractivity contribution in [1.82, 2.24) is 15.3 Å². The van der Waals surface area contributed by atoms with Gasteiger partial charge < -0.3 is 25.0 Å². The van der Waals surface area contributed by atoms with Gasteiger partial charge >= 0.3 is 0 Å². The van der Waals surface area contributed by atoms with Gasteiger partial charge in [0, 0.05) is 38.1 Å². The maximum Gasteiger partial charge on any atom is 0.223 e. The van der Waals surface area contributed by atoms with Crippen molar-refractivity contribution in [2.45, 2.75) is 30.8 Å². The normalized spacial score (nSPS) is 23.3. The van der Waals surface area contributed by atoms with Gasteiger partial charge in [-0.25, -0.2) is 9.97 Å². The Morgan fingerprint density at radius 3 is 2.56 bits per heavy atom. The minimum absolute atomic E-state index is 0.0231. The number of rotatable bonds is 7. The Morgan fingerprint density at radius 1 is 1.03 bits per heavy atom. The highest BCUT2D eigenvalue weighted by Gasteiger charge is 2.47. The molecule has 2 aromatic carbocycles. The van der Waals surface area contributed by atoms with Crippen molar-refractivity contribution in [3.05, 3.63) is 71.9 Å². The second kappa shape index (κ2) is 9.77. The van der Waals surface area contributed by atoms with E-state index in [0.29, 0.717) is 31.3 Å². The van der Waals surface area contributed by atoms with Gasteiger partial charge in [0.15, 0.2) is 0 Å². The van der Waals surface area contributed by atoms with Crippen LogP contribution in [0.3, 0.4) is 0 Å². The summed E-state index contributed by atoms with van der Waals surface area (Å²) in [6.45, 7) is 1.76. The van der Waals surface area contributed by atoms with Crippen molar-refractivity contribution in [3.63, 3.8) is 0 Å². The van der Waals surface area contributed by atoms with E-state index < -0.39 is 0 Å². The van der Waals surface area contributed by atoms with Crippen LogP contribution in [0.15, 0.2) is 60.8 Å². The molecule has 3 heterocycles. The first kappa shape index (κ1) is 22.3. The predicted molar refractivity (Wildman–Crippen MR) is 130 cm³/mol. The topological polar surface area (TPSA) is 95.3 Å². The summed E-state index contributed by atoms with van der Waals surface area (Å²) in [6.07, 6.45) is 1.65.